The van der Waals surface area contributed by atoms with Crippen molar-refractivity contribution >= 4 is 37.7 Å². The maximum Gasteiger partial charge on any atom is 0.235 e. The lowest BCUT2D eigenvalue weighted by molar-refractivity contribution is 0.449. The van der Waals surface area contributed by atoms with E-state index in [-0.39, 0.29) is 11.5 Å². The molecule has 3 nitrogen and oxygen atoms in total. The zero-order chi connectivity index (χ0) is 16.0. The smallest absolute Gasteiger partial charge is 0.235 e. The van der Waals surface area contributed by atoms with E-state index in [2.05, 4.69) is 15.9 Å². The van der Waals surface area contributed by atoms with E-state index >= 15 is 0 Å². The predicted molar refractivity (Wildman–Crippen MR) is 94.8 cm³/mol. The van der Waals surface area contributed by atoms with Gasteiger partial charge in [0.05, 0.1) is 5.39 Å². The van der Waals surface area contributed by atoms with Crippen LogP contribution in [0.4, 0.5) is 0 Å². The fraction of sp³-hybridized carbons (Fsp3) is 0. The number of aromatic hydroxyl groups is 1. The Morgan fingerprint density at radius 1 is 0.913 bits per heavy atom. The minimum Gasteiger partial charge on any atom is -0.502 e. The highest BCUT2D eigenvalue weighted by Gasteiger charge is 2.17. The molecule has 0 aliphatic carbocycles. The molecule has 0 bridgehead atoms. The first-order chi connectivity index (χ1) is 11.1. The third kappa shape index (κ3) is 2.23. The van der Waals surface area contributed by atoms with E-state index in [1.807, 2.05) is 42.5 Å². The van der Waals surface area contributed by atoms with Gasteiger partial charge in [-0.1, -0.05) is 58.4 Å². The summed E-state index contributed by atoms with van der Waals surface area (Å²) in [7, 11) is 0. The average Bonchev–Trinajstić information content (AvgIpc) is 2.58. The molecule has 23 heavy (non-hydrogen) atoms. The van der Waals surface area contributed by atoms with Crippen LogP contribution in [0.1, 0.15) is 0 Å². The quantitative estimate of drug-likeness (QED) is 0.510. The summed E-state index contributed by atoms with van der Waals surface area (Å²) in [4.78, 5) is 12.5. The zero-order valence-electron chi connectivity index (χ0n) is 11.9. The Morgan fingerprint density at radius 2 is 1.70 bits per heavy atom. The van der Waals surface area contributed by atoms with Crippen LogP contribution in [-0.2, 0) is 0 Å². The summed E-state index contributed by atoms with van der Waals surface area (Å²) >= 11 is 3.32. The van der Waals surface area contributed by atoms with Crippen molar-refractivity contribution in [3.8, 4) is 17.1 Å². The van der Waals surface area contributed by atoms with Crippen LogP contribution in [0.3, 0.4) is 0 Å². The van der Waals surface area contributed by atoms with Gasteiger partial charge in [0.2, 0.25) is 11.2 Å². The van der Waals surface area contributed by atoms with Gasteiger partial charge in [0, 0.05) is 10.0 Å². The van der Waals surface area contributed by atoms with E-state index in [0.717, 1.165) is 15.2 Å². The van der Waals surface area contributed by atoms with Crippen molar-refractivity contribution in [2.75, 3.05) is 0 Å². The van der Waals surface area contributed by atoms with Gasteiger partial charge in [-0.2, -0.15) is 0 Å². The Morgan fingerprint density at radius 3 is 2.57 bits per heavy atom. The fourth-order valence-corrected chi connectivity index (χ4v) is 3.12. The minimum atomic E-state index is -0.435. The number of halogens is 1. The van der Waals surface area contributed by atoms with Crippen LogP contribution >= 0.6 is 15.9 Å². The van der Waals surface area contributed by atoms with Crippen molar-refractivity contribution in [1.29, 1.82) is 0 Å². The van der Waals surface area contributed by atoms with Crippen LogP contribution in [0.5, 0.6) is 5.75 Å². The lowest BCUT2D eigenvalue weighted by Crippen LogP contribution is -2.02. The number of hydrogen-bond acceptors (Lipinski definition) is 3. The maximum atomic E-state index is 12.5. The van der Waals surface area contributed by atoms with E-state index in [9.17, 15) is 9.90 Å². The van der Waals surface area contributed by atoms with Gasteiger partial charge in [-0.3, -0.25) is 4.79 Å². The molecule has 4 aromatic rings. The molecule has 0 aliphatic rings. The Balaban J connectivity index is 2.11. The largest absolute Gasteiger partial charge is 0.502 e. The summed E-state index contributed by atoms with van der Waals surface area (Å²) in [6, 6.07) is 18.6. The normalized spacial score (nSPS) is 11.2. The summed E-state index contributed by atoms with van der Waals surface area (Å²) in [6.07, 6.45) is 0. The molecule has 0 fully saturated rings. The Bertz CT molecular complexity index is 1110. The van der Waals surface area contributed by atoms with Crippen molar-refractivity contribution in [3.63, 3.8) is 0 Å². The summed E-state index contributed by atoms with van der Waals surface area (Å²) in [5.41, 5.74) is 0.705. The van der Waals surface area contributed by atoms with E-state index in [4.69, 9.17) is 4.42 Å². The van der Waals surface area contributed by atoms with Crippen LogP contribution in [0.15, 0.2) is 74.3 Å². The van der Waals surface area contributed by atoms with Crippen molar-refractivity contribution < 1.29 is 9.52 Å². The molecule has 1 N–H and O–H groups in total. The molecular weight excluding hydrogens is 356 g/mol. The van der Waals surface area contributed by atoms with Gasteiger partial charge < -0.3 is 9.52 Å². The van der Waals surface area contributed by atoms with Crippen molar-refractivity contribution in [2.24, 2.45) is 0 Å². The third-order valence-corrected chi connectivity index (χ3v) is 4.36. The molecule has 0 saturated carbocycles. The molecule has 0 radical (unpaired) electrons. The number of fused-ring (bicyclic) bond motifs is 2. The molecule has 4 heteroatoms. The third-order valence-electron chi connectivity index (χ3n) is 3.86. The zero-order valence-corrected chi connectivity index (χ0v) is 13.5. The molecule has 0 amide bonds. The molecule has 0 atom stereocenters. The molecular formula is C19H11BrO3. The second-order valence-electron chi connectivity index (χ2n) is 5.28. The van der Waals surface area contributed by atoms with E-state index in [1.165, 1.54) is 0 Å². The summed E-state index contributed by atoms with van der Waals surface area (Å²) < 4.78 is 6.61. The Labute approximate surface area is 139 Å². The second-order valence-corrected chi connectivity index (χ2v) is 6.19. The second kappa shape index (κ2) is 5.25. The van der Waals surface area contributed by atoms with Crippen LogP contribution in [0, 0.1) is 0 Å². The minimum absolute atomic E-state index is 0.196. The van der Waals surface area contributed by atoms with E-state index in [0.29, 0.717) is 16.5 Å². The first kappa shape index (κ1) is 14.0. The molecule has 0 saturated heterocycles. The SMILES string of the molecule is O=c1c(O)c(-c2cccc3ccccc23)oc2ccc(Br)cc12. The Hall–Kier alpha value is -2.59. The molecule has 0 unspecified atom stereocenters. The molecule has 1 heterocycles. The highest BCUT2D eigenvalue weighted by atomic mass is 79.9. The first-order valence-corrected chi connectivity index (χ1v) is 7.88. The average molecular weight is 367 g/mol. The van der Waals surface area contributed by atoms with Gasteiger partial charge in [-0.15, -0.1) is 0 Å². The molecule has 1 aromatic heterocycles. The first-order valence-electron chi connectivity index (χ1n) is 7.08. The summed E-state index contributed by atoms with van der Waals surface area (Å²) in [6.45, 7) is 0. The van der Waals surface area contributed by atoms with Gasteiger partial charge in [-0.25, -0.2) is 0 Å². The molecule has 0 aliphatic heterocycles. The standard InChI is InChI=1S/C19H11BrO3/c20-12-8-9-16-15(10-12)17(21)18(22)19(23-16)14-7-3-5-11-4-1-2-6-13(11)14/h1-10,22H. The van der Waals surface area contributed by atoms with Gasteiger partial charge in [0.15, 0.2) is 5.76 Å². The highest BCUT2D eigenvalue weighted by molar-refractivity contribution is 9.10. The van der Waals surface area contributed by atoms with Gasteiger partial charge >= 0.3 is 0 Å². The summed E-state index contributed by atoms with van der Waals surface area (Å²) in [5, 5.41) is 12.7. The van der Waals surface area contributed by atoms with Gasteiger partial charge in [-0.05, 0) is 29.0 Å². The molecule has 3 aromatic carbocycles. The Kier molecular flexibility index (Phi) is 3.20. The number of hydrogen-bond donors (Lipinski definition) is 1. The van der Waals surface area contributed by atoms with Crippen LogP contribution < -0.4 is 5.43 Å². The van der Waals surface area contributed by atoms with Crippen LogP contribution in [-0.4, -0.2) is 5.11 Å². The van der Waals surface area contributed by atoms with Crippen molar-refractivity contribution in [3.05, 3.63) is 75.4 Å². The number of benzene rings is 3. The monoisotopic (exact) mass is 366 g/mol. The van der Waals surface area contributed by atoms with E-state index < -0.39 is 5.43 Å². The molecule has 112 valence electrons. The lowest BCUT2D eigenvalue weighted by atomic mass is 10.0. The molecule has 0 spiro atoms. The van der Waals surface area contributed by atoms with Gasteiger partial charge in [0.25, 0.3) is 0 Å². The summed E-state index contributed by atoms with van der Waals surface area (Å²) in [5.74, 6) is -0.173. The van der Waals surface area contributed by atoms with Crippen LogP contribution in [0.2, 0.25) is 0 Å². The number of rotatable bonds is 1. The molecule has 4 rings (SSSR count). The predicted octanol–water partition coefficient (Wildman–Crippen LogP) is 5.08. The van der Waals surface area contributed by atoms with Crippen molar-refractivity contribution in [1.82, 2.24) is 0 Å². The van der Waals surface area contributed by atoms with E-state index in [1.54, 1.807) is 18.2 Å². The van der Waals surface area contributed by atoms with Gasteiger partial charge in [0.1, 0.15) is 5.58 Å². The lowest BCUT2D eigenvalue weighted by Gasteiger charge is -2.09. The van der Waals surface area contributed by atoms with Crippen LogP contribution in [0.25, 0.3) is 33.1 Å². The maximum absolute atomic E-state index is 12.5. The fourth-order valence-electron chi connectivity index (χ4n) is 2.76. The van der Waals surface area contributed by atoms with Crippen molar-refractivity contribution in [2.45, 2.75) is 0 Å². The highest BCUT2D eigenvalue weighted by Crippen LogP contribution is 2.35. The topological polar surface area (TPSA) is 50.4 Å².